The zero-order valence-corrected chi connectivity index (χ0v) is 11.0. The van der Waals surface area contributed by atoms with Gasteiger partial charge in [0.25, 0.3) is 0 Å². The number of rotatable bonds is 5. The van der Waals surface area contributed by atoms with Crippen LogP contribution in [0.1, 0.15) is 51.7 Å². The van der Waals surface area contributed by atoms with Crippen molar-refractivity contribution in [3.05, 3.63) is 35.4 Å². The molecule has 0 bridgehead atoms. The van der Waals surface area contributed by atoms with Crippen molar-refractivity contribution in [2.75, 3.05) is 0 Å². The molecule has 0 aliphatic rings. The summed E-state index contributed by atoms with van der Waals surface area (Å²) >= 11 is 0. The van der Waals surface area contributed by atoms with Gasteiger partial charge in [-0.25, -0.2) is 0 Å². The highest BCUT2D eigenvalue weighted by atomic mass is 16.3. The maximum absolute atomic E-state index is 10.5. The van der Waals surface area contributed by atoms with E-state index >= 15 is 0 Å². The van der Waals surface area contributed by atoms with Gasteiger partial charge in [-0.3, -0.25) is 0 Å². The molecule has 0 spiro atoms. The number of aliphatic hydroxyl groups is 1. The normalized spacial score (nSPS) is 16.8. The molecule has 2 unspecified atom stereocenters. The molecule has 2 atom stereocenters. The summed E-state index contributed by atoms with van der Waals surface area (Å²) in [7, 11) is 0. The van der Waals surface area contributed by atoms with Crippen LogP contribution in [0.3, 0.4) is 0 Å². The van der Waals surface area contributed by atoms with Gasteiger partial charge in [0.05, 0.1) is 5.60 Å². The summed E-state index contributed by atoms with van der Waals surface area (Å²) < 4.78 is 0. The lowest BCUT2D eigenvalue weighted by molar-refractivity contribution is 0.0319. The lowest BCUT2D eigenvalue weighted by atomic mass is 9.85. The summed E-state index contributed by atoms with van der Waals surface area (Å²) in [5.41, 5.74) is 1.66. The van der Waals surface area contributed by atoms with Crippen molar-refractivity contribution in [2.24, 2.45) is 5.92 Å². The van der Waals surface area contributed by atoms with Gasteiger partial charge >= 0.3 is 0 Å². The second-order valence-electron chi connectivity index (χ2n) is 5.04. The van der Waals surface area contributed by atoms with Crippen LogP contribution < -0.4 is 0 Å². The third kappa shape index (κ3) is 3.34. The van der Waals surface area contributed by atoms with Crippen molar-refractivity contribution < 1.29 is 5.11 Å². The molecule has 16 heavy (non-hydrogen) atoms. The Labute approximate surface area is 99.5 Å². The third-order valence-corrected chi connectivity index (χ3v) is 3.43. The summed E-state index contributed by atoms with van der Waals surface area (Å²) in [6, 6.07) is 8.34. The molecule has 1 rings (SSSR count). The van der Waals surface area contributed by atoms with Crippen LogP contribution in [-0.2, 0) is 12.0 Å². The van der Waals surface area contributed by atoms with Crippen molar-refractivity contribution in [1.29, 1.82) is 0 Å². The smallest absolute Gasteiger partial charge is 0.0871 e. The van der Waals surface area contributed by atoms with E-state index in [2.05, 4.69) is 45.0 Å². The van der Waals surface area contributed by atoms with Crippen LogP contribution in [0, 0.1) is 5.92 Å². The van der Waals surface area contributed by atoms with Gasteiger partial charge in [-0.1, -0.05) is 51.5 Å². The quantitative estimate of drug-likeness (QED) is 0.798. The van der Waals surface area contributed by atoms with Crippen LogP contribution in [0.5, 0.6) is 0 Å². The fraction of sp³-hybridized carbons (Fsp3) is 0.600. The topological polar surface area (TPSA) is 20.2 Å². The summed E-state index contributed by atoms with van der Waals surface area (Å²) in [6.07, 6.45) is 2.99. The van der Waals surface area contributed by atoms with Gasteiger partial charge in [-0.05, 0) is 36.8 Å². The lowest BCUT2D eigenvalue weighted by Gasteiger charge is -2.27. The molecule has 0 heterocycles. The molecule has 1 heteroatoms. The van der Waals surface area contributed by atoms with Crippen molar-refractivity contribution in [2.45, 2.75) is 52.6 Å². The van der Waals surface area contributed by atoms with Gasteiger partial charge in [0.2, 0.25) is 0 Å². The molecule has 0 aromatic heterocycles. The second kappa shape index (κ2) is 5.49. The second-order valence-corrected chi connectivity index (χ2v) is 5.04. The molecular weight excluding hydrogens is 196 g/mol. The molecule has 1 nitrogen and oxygen atoms in total. The minimum atomic E-state index is -0.693. The van der Waals surface area contributed by atoms with Gasteiger partial charge in [0, 0.05) is 0 Å². The first-order valence-electron chi connectivity index (χ1n) is 6.31. The van der Waals surface area contributed by atoms with E-state index in [0.29, 0.717) is 5.92 Å². The Morgan fingerprint density at radius 3 is 2.19 bits per heavy atom. The fourth-order valence-corrected chi connectivity index (χ4v) is 2.04. The van der Waals surface area contributed by atoms with Gasteiger partial charge in [0.15, 0.2) is 0 Å². The fourth-order valence-electron chi connectivity index (χ4n) is 2.04. The van der Waals surface area contributed by atoms with Crippen LogP contribution in [0.4, 0.5) is 0 Å². The minimum Gasteiger partial charge on any atom is -0.385 e. The van der Waals surface area contributed by atoms with Crippen LogP contribution in [0.2, 0.25) is 0 Å². The monoisotopic (exact) mass is 220 g/mol. The first-order valence-corrected chi connectivity index (χ1v) is 6.31. The van der Waals surface area contributed by atoms with Crippen LogP contribution in [-0.4, -0.2) is 5.11 Å². The van der Waals surface area contributed by atoms with E-state index in [-0.39, 0.29) is 0 Å². The van der Waals surface area contributed by atoms with Crippen molar-refractivity contribution in [3.8, 4) is 0 Å². The van der Waals surface area contributed by atoms with Gasteiger partial charge in [-0.15, -0.1) is 0 Å². The van der Waals surface area contributed by atoms with Gasteiger partial charge in [-0.2, -0.15) is 0 Å². The predicted octanol–water partition coefficient (Wildman–Crippen LogP) is 3.89. The molecule has 0 aliphatic heterocycles. The minimum absolute atomic E-state index is 0.556. The van der Waals surface area contributed by atoms with E-state index in [9.17, 15) is 5.11 Å². The highest BCUT2D eigenvalue weighted by Gasteiger charge is 2.24. The van der Waals surface area contributed by atoms with Crippen LogP contribution >= 0.6 is 0 Å². The van der Waals surface area contributed by atoms with E-state index in [1.165, 1.54) is 5.56 Å². The maximum atomic E-state index is 10.5. The Hall–Kier alpha value is -0.820. The van der Waals surface area contributed by atoms with E-state index < -0.39 is 5.60 Å². The van der Waals surface area contributed by atoms with E-state index in [1.807, 2.05) is 6.92 Å². The van der Waals surface area contributed by atoms with Crippen molar-refractivity contribution >= 4 is 0 Å². The summed E-state index contributed by atoms with van der Waals surface area (Å²) in [5, 5.41) is 10.5. The van der Waals surface area contributed by atoms with E-state index in [0.717, 1.165) is 24.8 Å². The zero-order valence-electron chi connectivity index (χ0n) is 11.0. The summed E-state index contributed by atoms with van der Waals surface area (Å²) in [4.78, 5) is 0. The molecule has 1 aromatic rings. The Kier molecular flexibility index (Phi) is 4.55. The lowest BCUT2D eigenvalue weighted by Crippen LogP contribution is -2.24. The Balaban J connectivity index is 2.80. The maximum Gasteiger partial charge on any atom is 0.0871 e. The Bertz CT molecular complexity index is 311. The average Bonchev–Trinajstić information content (AvgIpc) is 2.28. The summed E-state index contributed by atoms with van der Waals surface area (Å²) in [5.74, 6) is 0.556. The molecule has 0 saturated carbocycles. The zero-order chi connectivity index (χ0) is 12.2. The first kappa shape index (κ1) is 13.2. The number of benzene rings is 1. The van der Waals surface area contributed by atoms with Crippen molar-refractivity contribution in [1.82, 2.24) is 0 Å². The molecule has 0 fully saturated rings. The van der Waals surface area contributed by atoms with Crippen LogP contribution in [0.15, 0.2) is 24.3 Å². The van der Waals surface area contributed by atoms with Gasteiger partial charge < -0.3 is 5.11 Å². The van der Waals surface area contributed by atoms with Crippen molar-refractivity contribution in [3.63, 3.8) is 0 Å². The first-order chi connectivity index (χ1) is 7.49. The highest BCUT2D eigenvalue weighted by Crippen LogP contribution is 2.29. The Morgan fingerprint density at radius 2 is 1.75 bits per heavy atom. The molecule has 90 valence electrons. The van der Waals surface area contributed by atoms with E-state index in [4.69, 9.17) is 0 Å². The number of aryl methyl sites for hydroxylation is 1. The average molecular weight is 220 g/mol. The molecule has 1 N–H and O–H groups in total. The number of hydrogen-bond donors (Lipinski definition) is 1. The highest BCUT2D eigenvalue weighted by molar-refractivity contribution is 5.26. The Morgan fingerprint density at radius 1 is 1.19 bits per heavy atom. The standard InChI is InChI=1S/C15H24O/c1-5-12(3)11-15(4,16)14-9-7-13(6-2)8-10-14/h7-10,12,16H,5-6,11H2,1-4H3. The van der Waals surface area contributed by atoms with Crippen LogP contribution in [0.25, 0.3) is 0 Å². The molecule has 0 amide bonds. The molecule has 1 aromatic carbocycles. The molecule has 0 saturated heterocycles. The number of hydrogen-bond acceptors (Lipinski definition) is 1. The van der Waals surface area contributed by atoms with E-state index in [1.54, 1.807) is 0 Å². The molecular formula is C15H24O. The summed E-state index contributed by atoms with van der Waals surface area (Å²) in [6.45, 7) is 8.42. The largest absolute Gasteiger partial charge is 0.385 e. The third-order valence-electron chi connectivity index (χ3n) is 3.43. The molecule has 0 radical (unpaired) electrons. The van der Waals surface area contributed by atoms with Gasteiger partial charge in [0.1, 0.15) is 0 Å². The molecule has 0 aliphatic carbocycles. The SMILES string of the molecule is CCc1ccc(C(C)(O)CC(C)CC)cc1. The predicted molar refractivity (Wildman–Crippen MR) is 69.5 cm³/mol.